The smallest absolute Gasteiger partial charge is 0.328 e. The van der Waals surface area contributed by atoms with Gasteiger partial charge in [-0.1, -0.05) is 24.6 Å². The average Bonchev–Trinajstić information content (AvgIpc) is 3.10. The zero-order chi connectivity index (χ0) is 15.6. The topological polar surface area (TPSA) is 83.5 Å². The fourth-order valence-electron chi connectivity index (χ4n) is 1.98. The molecule has 0 aliphatic heterocycles. The first-order valence-corrected chi connectivity index (χ1v) is 8.36. The lowest BCUT2D eigenvalue weighted by Gasteiger charge is -2.08. The largest absolute Gasteiger partial charge is 0.478 e. The van der Waals surface area contributed by atoms with Gasteiger partial charge in [-0.15, -0.1) is 0 Å². The molecular weight excluding hydrogens is 314 g/mol. The zero-order valence-corrected chi connectivity index (χ0v) is 13.0. The molecule has 1 aliphatic rings. The lowest BCUT2D eigenvalue weighted by Crippen LogP contribution is -2.26. The van der Waals surface area contributed by atoms with Crippen molar-refractivity contribution in [3.05, 3.63) is 34.9 Å². The number of hydrogen-bond donors (Lipinski definition) is 2. The van der Waals surface area contributed by atoms with Gasteiger partial charge in [-0.3, -0.25) is 0 Å². The Morgan fingerprint density at radius 2 is 2.19 bits per heavy atom. The molecule has 0 saturated heterocycles. The maximum atomic E-state index is 12.2. The number of carboxylic acids is 1. The van der Waals surface area contributed by atoms with E-state index in [0.29, 0.717) is 23.9 Å². The summed E-state index contributed by atoms with van der Waals surface area (Å²) in [7, 11) is -3.64. The molecule has 2 rings (SSSR count). The number of benzene rings is 1. The molecule has 0 bridgehead atoms. The molecule has 1 saturated carbocycles. The average molecular weight is 330 g/mol. The molecule has 0 spiro atoms. The monoisotopic (exact) mass is 329 g/mol. The van der Waals surface area contributed by atoms with Crippen molar-refractivity contribution in [1.29, 1.82) is 0 Å². The minimum Gasteiger partial charge on any atom is -0.478 e. The Morgan fingerprint density at radius 1 is 1.52 bits per heavy atom. The number of carboxylic acid groups (broad SMARTS) is 1. The summed E-state index contributed by atoms with van der Waals surface area (Å²) >= 11 is 5.99. The van der Waals surface area contributed by atoms with Crippen molar-refractivity contribution in [2.45, 2.75) is 18.2 Å². The van der Waals surface area contributed by atoms with E-state index in [2.05, 4.69) is 11.6 Å². The van der Waals surface area contributed by atoms with E-state index in [4.69, 9.17) is 16.7 Å². The van der Waals surface area contributed by atoms with E-state index in [1.165, 1.54) is 24.3 Å². The summed E-state index contributed by atoms with van der Waals surface area (Å²) in [4.78, 5) is 10.4. The quantitative estimate of drug-likeness (QED) is 0.785. The predicted molar refractivity (Wildman–Crippen MR) is 80.6 cm³/mol. The van der Waals surface area contributed by atoms with E-state index < -0.39 is 16.0 Å². The van der Waals surface area contributed by atoms with Gasteiger partial charge in [0, 0.05) is 12.6 Å². The highest BCUT2D eigenvalue weighted by molar-refractivity contribution is 7.89. The first-order valence-electron chi connectivity index (χ1n) is 6.50. The highest BCUT2D eigenvalue weighted by Crippen LogP contribution is 2.37. The van der Waals surface area contributed by atoms with Crippen molar-refractivity contribution < 1.29 is 18.3 Å². The summed E-state index contributed by atoms with van der Waals surface area (Å²) in [5.74, 6) is -0.119. The van der Waals surface area contributed by atoms with Gasteiger partial charge >= 0.3 is 5.97 Å². The van der Waals surface area contributed by atoms with Crippen LogP contribution in [0, 0.1) is 11.8 Å². The van der Waals surface area contributed by atoms with Gasteiger partial charge < -0.3 is 5.11 Å². The SMILES string of the molecule is CC1CC1CNS(=O)(=O)c1ccc(/C=C/C(=O)O)cc1Cl. The van der Waals surface area contributed by atoms with Gasteiger partial charge in [0.1, 0.15) is 4.90 Å². The fourth-order valence-corrected chi connectivity index (χ4v) is 3.63. The summed E-state index contributed by atoms with van der Waals surface area (Å²) < 4.78 is 26.9. The molecule has 1 fully saturated rings. The molecule has 1 aromatic carbocycles. The molecule has 5 nitrogen and oxygen atoms in total. The summed E-state index contributed by atoms with van der Waals surface area (Å²) in [6, 6.07) is 4.32. The van der Waals surface area contributed by atoms with Gasteiger partial charge in [0.2, 0.25) is 10.0 Å². The number of rotatable bonds is 6. The van der Waals surface area contributed by atoms with Crippen LogP contribution in [0.4, 0.5) is 0 Å². The summed E-state index contributed by atoms with van der Waals surface area (Å²) in [6.07, 6.45) is 3.35. The summed E-state index contributed by atoms with van der Waals surface area (Å²) in [5, 5.41) is 8.62. The van der Waals surface area contributed by atoms with Crippen LogP contribution >= 0.6 is 11.6 Å². The van der Waals surface area contributed by atoms with E-state index in [0.717, 1.165) is 12.5 Å². The molecule has 2 atom stereocenters. The van der Waals surface area contributed by atoms with Crippen molar-refractivity contribution in [2.24, 2.45) is 11.8 Å². The van der Waals surface area contributed by atoms with Crippen LogP contribution in [-0.4, -0.2) is 26.0 Å². The lowest BCUT2D eigenvalue weighted by atomic mass is 10.2. The van der Waals surface area contributed by atoms with Crippen LogP contribution in [0.5, 0.6) is 0 Å². The van der Waals surface area contributed by atoms with Crippen LogP contribution in [0.1, 0.15) is 18.9 Å². The second-order valence-corrected chi connectivity index (χ2v) is 7.33. The fraction of sp³-hybridized carbons (Fsp3) is 0.357. The van der Waals surface area contributed by atoms with Crippen molar-refractivity contribution in [1.82, 2.24) is 4.72 Å². The Balaban J connectivity index is 2.13. The highest BCUT2D eigenvalue weighted by atomic mass is 35.5. The normalized spacial score (nSPS) is 21.6. The van der Waals surface area contributed by atoms with Gasteiger partial charge in [-0.05, 0) is 42.0 Å². The maximum absolute atomic E-state index is 12.2. The molecule has 21 heavy (non-hydrogen) atoms. The maximum Gasteiger partial charge on any atom is 0.328 e. The minimum atomic E-state index is -3.64. The summed E-state index contributed by atoms with van der Waals surface area (Å²) in [5.41, 5.74) is 0.525. The molecule has 0 amide bonds. The second kappa shape index (κ2) is 6.17. The van der Waals surface area contributed by atoms with E-state index in [1.807, 2.05) is 0 Å². The van der Waals surface area contributed by atoms with Crippen molar-refractivity contribution >= 4 is 33.7 Å². The van der Waals surface area contributed by atoms with Crippen LogP contribution in [-0.2, 0) is 14.8 Å². The van der Waals surface area contributed by atoms with Gasteiger partial charge in [0.05, 0.1) is 5.02 Å². The van der Waals surface area contributed by atoms with Crippen LogP contribution in [0.15, 0.2) is 29.2 Å². The Kier molecular flexibility index (Phi) is 4.70. The Bertz CT molecular complexity index is 684. The van der Waals surface area contributed by atoms with Gasteiger partial charge in [-0.25, -0.2) is 17.9 Å². The molecule has 0 heterocycles. The molecule has 1 aromatic rings. The number of hydrogen-bond acceptors (Lipinski definition) is 3. The molecule has 7 heteroatoms. The van der Waals surface area contributed by atoms with Crippen LogP contribution in [0.25, 0.3) is 6.08 Å². The second-order valence-electron chi connectivity index (χ2n) is 5.19. The van der Waals surface area contributed by atoms with Crippen molar-refractivity contribution in [3.8, 4) is 0 Å². The highest BCUT2D eigenvalue weighted by Gasteiger charge is 2.33. The Hall–Kier alpha value is -1.37. The first-order chi connectivity index (χ1) is 9.79. The third-order valence-corrected chi connectivity index (χ3v) is 5.38. The first kappa shape index (κ1) is 16.0. The number of halogens is 1. The standard InChI is InChI=1S/C14H16ClNO4S/c1-9-6-11(9)8-16-21(19,20)13-4-2-10(7-12(13)15)3-5-14(17)18/h2-5,7,9,11,16H,6,8H2,1H3,(H,17,18)/b5-3+. The number of carbonyl (C=O) groups is 1. The third kappa shape index (κ3) is 4.30. The van der Waals surface area contributed by atoms with Gasteiger partial charge in [0.25, 0.3) is 0 Å². The van der Waals surface area contributed by atoms with E-state index >= 15 is 0 Å². The zero-order valence-electron chi connectivity index (χ0n) is 11.4. The molecule has 1 aliphatic carbocycles. The van der Waals surface area contributed by atoms with Crippen LogP contribution in [0.3, 0.4) is 0 Å². The Morgan fingerprint density at radius 3 is 2.71 bits per heavy atom. The number of nitrogens with one attached hydrogen (secondary N) is 1. The molecule has 114 valence electrons. The van der Waals surface area contributed by atoms with E-state index in [1.54, 1.807) is 0 Å². The minimum absolute atomic E-state index is 0.00458. The van der Waals surface area contributed by atoms with Gasteiger partial charge in [0.15, 0.2) is 0 Å². The molecule has 0 radical (unpaired) electrons. The number of sulfonamides is 1. The van der Waals surface area contributed by atoms with Crippen molar-refractivity contribution in [2.75, 3.05) is 6.54 Å². The predicted octanol–water partition coefficient (Wildman–Crippen LogP) is 2.37. The lowest BCUT2D eigenvalue weighted by molar-refractivity contribution is -0.131. The van der Waals surface area contributed by atoms with Gasteiger partial charge in [-0.2, -0.15) is 0 Å². The van der Waals surface area contributed by atoms with E-state index in [-0.39, 0.29) is 9.92 Å². The molecule has 2 N–H and O–H groups in total. The molecule has 2 unspecified atom stereocenters. The number of aliphatic carboxylic acids is 1. The summed E-state index contributed by atoms with van der Waals surface area (Å²) in [6.45, 7) is 2.50. The molecular formula is C14H16ClNO4S. The van der Waals surface area contributed by atoms with E-state index in [9.17, 15) is 13.2 Å². The van der Waals surface area contributed by atoms with Crippen molar-refractivity contribution in [3.63, 3.8) is 0 Å². The van der Waals surface area contributed by atoms with Crippen LogP contribution in [0.2, 0.25) is 5.02 Å². The molecule has 0 aromatic heterocycles. The van der Waals surface area contributed by atoms with Crippen LogP contribution < -0.4 is 4.72 Å². The Labute approximate surface area is 128 Å². The third-order valence-electron chi connectivity index (χ3n) is 3.48.